The lowest BCUT2D eigenvalue weighted by Crippen LogP contribution is -2.34. The van der Waals surface area contributed by atoms with Crippen LogP contribution < -0.4 is 0 Å². The lowest BCUT2D eigenvalue weighted by atomic mass is 9.77. The molecule has 1 heterocycles. The van der Waals surface area contributed by atoms with Gasteiger partial charge in [-0.15, -0.1) is 6.58 Å². The van der Waals surface area contributed by atoms with E-state index in [4.69, 9.17) is 0 Å². The van der Waals surface area contributed by atoms with Gasteiger partial charge >= 0.3 is 0 Å². The van der Waals surface area contributed by atoms with Gasteiger partial charge in [0.1, 0.15) is 0 Å². The van der Waals surface area contributed by atoms with Crippen LogP contribution in [0, 0.1) is 11.8 Å². The fraction of sp³-hybridized carbons (Fsp3) is 0.895. The van der Waals surface area contributed by atoms with Gasteiger partial charge in [0, 0.05) is 6.04 Å². The fourth-order valence-corrected chi connectivity index (χ4v) is 3.93. The number of rotatable bonds is 5. The zero-order valence-corrected chi connectivity index (χ0v) is 14.2. The minimum absolute atomic E-state index is 0.912. The van der Waals surface area contributed by atoms with E-state index < -0.39 is 0 Å². The van der Waals surface area contributed by atoms with Gasteiger partial charge in [-0.05, 0) is 70.4 Å². The van der Waals surface area contributed by atoms with E-state index in [1.54, 1.807) is 0 Å². The predicted octanol–water partition coefficient (Wildman–Crippen LogP) is 5.66. The average molecular weight is 280 g/mol. The van der Waals surface area contributed by atoms with Crippen molar-refractivity contribution in [3.63, 3.8) is 0 Å². The maximum Gasteiger partial charge on any atom is 0.0121 e. The molecule has 1 heteroatoms. The number of hydrogen-bond donors (Lipinski definition) is 0. The molecule has 1 saturated carbocycles. The van der Waals surface area contributed by atoms with Crippen LogP contribution in [0.1, 0.15) is 78.1 Å². The summed E-state index contributed by atoms with van der Waals surface area (Å²) in [7, 11) is 2.31. The monoisotopic (exact) mass is 279 g/mol. The van der Waals surface area contributed by atoms with Gasteiger partial charge in [-0.3, -0.25) is 0 Å². The summed E-state index contributed by atoms with van der Waals surface area (Å²) in [5, 5.41) is 0. The standard InChI is InChI=1S/C14H25N.C5H12/c1-3-5-12-7-9-13(10-8-12)14-6-4-11-15(14)2;1-3-5-4-2/h3,12-14H,1,4-11H2,2H3;3-5H2,1-2H3. The molecule has 2 rings (SSSR count). The van der Waals surface area contributed by atoms with Crippen LogP contribution in [0.5, 0.6) is 0 Å². The average Bonchev–Trinajstić information content (AvgIpc) is 2.88. The molecular formula is C19H37N. The summed E-state index contributed by atoms with van der Waals surface area (Å²) in [6.45, 7) is 9.61. The SMILES string of the molecule is C=CCC1CCC(C2CCCN2C)CC1.CCCCC. The minimum atomic E-state index is 0.912. The first-order valence-electron chi connectivity index (χ1n) is 9.04. The van der Waals surface area contributed by atoms with Crippen molar-refractivity contribution in [2.75, 3.05) is 13.6 Å². The Morgan fingerprint density at radius 1 is 1.05 bits per heavy atom. The number of hydrogen-bond acceptors (Lipinski definition) is 1. The summed E-state index contributed by atoms with van der Waals surface area (Å²) in [6, 6.07) is 0.912. The van der Waals surface area contributed by atoms with Crippen LogP contribution >= 0.6 is 0 Å². The molecule has 0 aromatic rings. The Morgan fingerprint density at radius 2 is 1.70 bits per heavy atom. The van der Waals surface area contributed by atoms with Crippen LogP contribution in [0.2, 0.25) is 0 Å². The van der Waals surface area contributed by atoms with Crippen LogP contribution in [0.25, 0.3) is 0 Å². The molecule has 0 bridgehead atoms. The summed E-state index contributed by atoms with van der Waals surface area (Å²) in [5.74, 6) is 1.95. The van der Waals surface area contributed by atoms with Crippen molar-refractivity contribution in [1.82, 2.24) is 4.90 Å². The zero-order chi connectivity index (χ0) is 14.8. The highest BCUT2D eigenvalue weighted by Crippen LogP contribution is 2.37. The van der Waals surface area contributed by atoms with Gasteiger partial charge in [-0.1, -0.05) is 39.2 Å². The van der Waals surface area contributed by atoms with E-state index in [9.17, 15) is 0 Å². The van der Waals surface area contributed by atoms with E-state index in [1.165, 1.54) is 70.8 Å². The van der Waals surface area contributed by atoms with Crippen molar-refractivity contribution in [3.05, 3.63) is 12.7 Å². The third kappa shape index (κ3) is 5.99. The van der Waals surface area contributed by atoms with Crippen LogP contribution in [-0.2, 0) is 0 Å². The second kappa shape index (κ2) is 10.4. The molecule has 20 heavy (non-hydrogen) atoms. The van der Waals surface area contributed by atoms with E-state index in [1.807, 2.05) is 0 Å². The van der Waals surface area contributed by atoms with Crippen molar-refractivity contribution >= 4 is 0 Å². The van der Waals surface area contributed by atoms with Gasteiger partial charge in [-0.2, -0.15) is 0 Å². The first-order valence-corrected chi connectivity index (χ1v) is 9.04. The number of allylic oxidation sites excluding steroid dienone is 1. The molecule has 118 valence electrons. The molecule has 1 aliphatic heterocycles. The van der Waals surface area contributed by atoms with Crippen LogP contribution in [0.3, 0.4) is 0 Å². The normalized spacial score (nSPS) is 30.6. The summed E-state index contributed by atoms with van der Waals surface area (Å²) in [4.78, 5) is 2.60. The van der Waals surface area contributed by atoms with E-state index in [0.29, 0.717) is 0 Å². The Labute approximate surface area is 127 Å². The largest absolute Gasteiger partial charge is 0.303 e. The molecule has 1 atom stereocenters. The Bertz CT molecular complexity index is 238. The topological polar surface area (TPSA) is 3.24 Å². The van der Waals surface area contributed by atoms with Crippen molar-refractivity contribution in [3.8, 4) is 0 Å². The summed E-state index contributed by atoms with van der Waals surface area (Å²) in [6.07, 6.45) is 16.1. The maximum absolute atomic E-state index is 3.86. The smallest absolute Gasteiger partial charge is 0.0121 e. The molecular weight excluding hydrogens is 242 g/mol. The molecule has 0 aromatic heterocycles. The first kappa shape index (κ1) is 17.8. The molecule has 0 aromatic carbocycles. The van der Waals surface area contributed by atoms with Gasteiger partial charge in [-0.25, -0.2) is 0 Å². The van der Waals surface area contributed by atoms with Crippen molar-refractivity contribution < 1.29 is 0 Å². The maximum atomic E-state index is 3.86. The fourth-order valence-electron chi connectivity index (χ4n) is 3.93. The highest BCUT2D eigenvalue weighted by molar-refractivity contribution is 4.87. The molecule has 1 unspecified atom stereocenters. The molecule has 1 saturated heterocycles. The molecule has 1 aliphatic carbocycles. The van der Waals surface area contributed by atoms with Crippen molar-refractivity contribution in [1.29, 1.82) is 0 Å². The lowest BCUT2D eigenvalue weighted by molar-refractivity contribution is 0.161. The Morgan fingerprint density at radius 3 is 2.10 bits per heavy atom. The van der Waals surface area contributed by atoms with Crippen molar-refractivity contribution in [2.45, 2.75) is 84.1 Å². The third-order valence-corrected chi connectivity index (χ3v) is 5.22. The van der Waals surface area contributed by atoms with Crippen LogP contribution in [0.4, 0.5) is 0 Å². The molecule has 0 spiro atoms. The predicted molar refractivity (Wildman–Crippen MR) is 91.1 cm³/mol. The van der Waals surface area contributed by atoms with E-state index >= 15 is 0 Å². The molecule has 2 aliphatic rings. The first-order chi connectivity index (χ1) is 9.72. The third-order valence-electron chi connectivity index (χ3n) is 5.22. The Balaban J connectivity index is 0.000000347. The number of unbranched alkanes of at least 4 members (excludes halogenated alkanes) is 2. The Kier molecular flexibility index (Phi) is 9.26. The van der Waals surface area contributed by atoms with Gasteiger partial charge in [0.25, 0.3) is 0 Å². The highest BCUT2D eigenvalue weighted by Gasteiger charge is 2.31. The lowest BCUT2D eigenvalue weighted by Gasteiger charge is -2.34. The van der Waals surface area contributed by atoms with Gasteiger partial charge in [0.2, 0.25) is 0 Å². The molecule has 0 N–H and O–H groups in total. The zero-order valence-electron chi connectivity index (χ0n) is 14.2. The molecule has 0 radical (unpaired) electrons. The summed E-state index contributed by atoms with van der Waals surface area (Å²) >= 11 is 0. The van der Waals surface area contributed by atoms with Crippen LogP contribution in [-0.4, -0.2) is 24.5 Å². The Hall–Kier alpha value is -0.300. The van der Waals surface area contributed by atoms with Gasteiger partial charge < -0.3 is 4.90 Å². The van der Waals surface area contributed by atoms with E-state index in [-0.39, 0.29) is 0 Å². The summed E-state index contributed by atoms with van der Waals surface area (Å²) in [5.41, 5.74) is 0. The van der Waals surface area contributed by atoms with Crippen molar-refractivity contribution in [2.24, 2.45) is 11.8 Å². The number of nitrogens with zero attached hydrogens (tertiary/aromatic N) is 1. The second-order valence-corrected chi connectivity index (χ2v) is 6.85. The van der Waals surface area contributed by atoms with Gasteiger partial charge in [0.05, 0.1) is 0 Å². The minimum Gasteiger partial charge on any atom is -0.303 e. The molecule has 1 nitrogen and oxygen atoms in total. The van der Waals surface area contributed by atoms with Gasteiger partial charge in [0.15, 0.2) is 0 Å². The molecule has 0 amide bonds. The molecule has 2 fully saturated rings. The van der Waals surface area contributed by atoms with E-state index in [2.05, 4.69) is 38.5 Å². The quantitative estimate of drug-likeness (QED) is 0.587. The van der Waals surface area contributed by atoms with Crippen LogP contribution in [0.15, 0.2) is 12.7 Å². The highest BCUT2D eigenvalue weighted by atomic mass is 15.1. The second-order valence-electron chi connectivity index (χ2n) is 6.85. The summed E-state index contributed by atoms with van der Waals surface area (Å²) < 4.78 is 0. The number of likely N-dealkylation sites (tertiary alicyclic amines) is 1. The van der Waals surface area contributed by atoms with E-state index in [0.717, 1.165) is 17.9 Å².